The fourth-order valence-electron chi connectivity index (χ4n) is 4.69. The van der Waals surface area contributed by atoms with E-state index >= 15 is 0 Å². The van der Waals surface area contributed by atoms with Crippen LogP contribution in [0.15, 0.2) is 30.4 Å². The van der Waals surface area contributed by atoms with Gasteiger partial charge in [0, 0.05) is 38.4 Å². The molecule has 0 radical (unpaired) electrons. The summed E-state index contributed by atoms with van der Waals surface area (Å²) in [4.78, 5) is 31.5. The van der Waals surface area contributed by atoms with Gasteiger partial charge in [0.15, 0.2) is 0 Å². The number of fused-ring (bicyclic) bond motifs is 1. The van der Waals surface area contributed by atoms with Gasteiger partial charge in [0.05, 0.1) is 11.8 Å². The third-order valence-electron chi connectivity index (χ3n) is 6.68. The lowest BCUT2D eigenvalue weighted by molar-refractivity contribution is -0.140. The van der Waals surface area contributed by atoms with Crippen LogP contribution in [0, 0.1) is 25.7 Å². The molecule has 1 aromatic carbocycles. The van der Waals surface area contributed by atoms with Gasteiger partial charge in [0.1, 0.15) is 0 Å². The highest BCUT2D eigenvalue weighted by molar-refractivity contribution is 6.05. The molecule has 1 aliphatic carbocycles. The Morgan fingerprint density at radius 3 is 2.07 bits per heavy atom. The van der Waals surface area contributed by atoms with Crippen molar-refractivity contribution < 1.29 is 9.59 Å². The SMILES string of the molecule is Cc1ccc(N2CCN(CCCN3C(=O)C4CC=CCC4C3=O)CC2)cc1C.Cl. The van der Waals surface area contributed by atoms with Gasteiger partial charge in [-0.25, -0.2) is 0 Å². The van der Waals surface area contributed by atoms with Crippen molar-refractivity contribution in [3.05, 3.63) is 41.5 Å². The van der Waals surface area contributed by atoms with E-state index in [2.05, 4.69) is 41.8 Å². The van der Waals surface area contributed by atoms with E-state index in [9.17, 15) is 9.59 Å². The smallest absolute Gasteiger partial charge is 0.233 e. The lowest BCUT2D eigenvalue weighted by Gasteiger charge is -2.36. The normalized spacial score (nSPS) is 24.6. The second kappa shape index (κ2) is 9.31. The average molecular weight is 418 g/mol. The number of aryl methyl sites for hydroxylation is 2. The third kappa shape index (κ3) is 4.51. The lowest BCUT2D eigenvalue weighted by atomic mass is 9.85. The summed E-state index contributed by atoms with van der Waals surface area (Å²) >= 11 is 0. The first-order chi connectivity index (χ1) is 13.5. The Bertz CT molecular complexity index is 760. The van der Waals surface area contributed by atoms with E-state index < -0.39 is 0 Å². The zero-order valence-corrected chi connectivity index (χ0v) is 18.3. The first kappa shape index (κ1) is 21.8. The van der Waals surface area contributed by atoms with Crippen LogP contribution >= 0.6 is 12.4 Å². The average Bonchev–Trinajstić information content (AvgIpc) is 2.96. The van der Waals surface area contributed by atoms with Crippen molar-refractivity contribution in [2.45, 2.75) is 33.1 Å². The molecule has 0 saturated carbocycles. The van der Waals surface area contributed by atoms with E-state index in [1.165, 1.54) is 21.7 Å². The van der Waals surface area contributed by atoms with Gasteiger partial charge < -0.3 is 4.90 Å². The summed E-state index contributed by atoms with van der Waals surface area (Å²) in [7, 11) is 0. The highest BCUT2D eigenvalue weighted by Crippen LogP contribution is 2.35. The van der Waals surface area contributed by atoms with Crippen LogP contribution in [0.3, 0.4) is 0 Å². The van der Waals surface area contributed by atoms with E-state index in [1.54, 1.807) is 0 Å². The monoisotopic (exact) mass is 417 g/mol. The maximum absolute atomic E-state index is 12.5. The molecule has 2 amide bonds. The van der Waals surface area contributed by atoms with E-state index in [-0.39, 0.29) is 36.1 Å². The molecule has 0 spiro atoms. The summed E-state index contributed by atoms with van der Waals surface area (Å²) in [6.07, 6.45) is 6.42. The molecule has 2 unspecified atom stereocenters. The van der Waals surface area contributed by atoms with Gasteiger partial charge in [-0.1, -0.05) is 18.2 Å². The Kier molecular flexibility index (Phi) is 7.01. The summed E-state index contributed by atoms with van der Waals surface area (Å²) in [5, 5.41) is 0. The van der Waals surface area contributed by atoms with Crippen LogP contribution in [0.25, 0.3) is 0 Å². The molecule has 2 heterocycles. The molecular formula is C23H32ClN3O2. The van der Waals surface area contributed by atoms with Crippen molar-refractivity contribution in [2.24, 2.45) is 11.8 Å². The fourth-order valence-corrected chi connectivity index (χ4v) is 4.69. The Morgan fingerprint density at radius 1 is 0.862 bits per heavy atom. The van der Waals surface area contributed by atoms with Crippen LogP contribution in [-0.2, 0) is 9.59 Å². The predicted molar refractivity (Wildman–Crippen MR) is 119 cm³/mol. The van der Waals surface area contributed by atoms with Crippen LogP contribution in [0.2, 0.25) is 0 Å². The van der Waals surface area contributed by atoms with Crippen LogP contribution in [-0.4, -0.2) is 60.9 Å². The van der Waals surface area contributed by atoms with Crippen LogP contribution in [0.1, 0.15) is 30.4 Å². The molecule has 4 rings (SSSR count). The maximum atomic E-state index is 12.5. The van der Waals surface area contributed by atoms with Crippen molar-refractivity contribution in [1.82, 2.24) is 9.80 Å². The number of nitrogens with zero attached hydrogens (tertiary/aromatic N) is 3. The number of piperazine rings is 1. The number of halogens is 1. The standard InChI is InChI=1S/C23H31N3O2.ClH/c1-17-8-9-19(16-18(17)2)25-14-12-24(13-15-25)10-5-11-26-22(27)20-6-3-4-7-21(20)23(26)28;/h3-4,8-9,16,20-21H,5-7,10-15H2,1-2H3;1H. The largest absolute Gasteiger partial charge is 0.369 e. The topological polar surface area (TPSA) is 43.9 Å². The molecule has 6 heteroatoms. The quantitative estimate of drug-likeness (QED) is 0.545. The summed E-state index contributed by atoms with van der Waals surface area (Å²) in [6.45, 7) is 9.96. The summed E-state index contributed by atoms with van der Waals surface area (Å²) in [5.41, 5.74) is 3.99. The number of carbonyl (C=O) groups is 2. The van der Waals surface area contributed by atoms with Crippen molar-refractivity contribution in [2.75, 3.05) is 44.2 Å². The van der Waals surface area contributed by atoms with E-state index in [1.807, 2.05) is 12.2 Å². The van der Waals surface area contributed by atoms with E-state index in [4.69, 9.17) is 0 Å². The van der Waals surface area contributed by atoms with Gasteiger partial charge in [0.2, 0.25) is 11.8 Å². The third-order valence-corrected chi connectivity index (χ3v) is 6.68. The van der Waals surface area contributed by atoms with Crippen molar-refractivity contribution >= 4 is 29.9 Å². The number of anilines is 1. The number of hydrogen-bond donors (Lipinski definition) is 0. The number of benzene rings is 1. The molecule has 0 N–H and O–H groups in total. The summed E-state index contributed by atoms with van der Waals surface area (Å²) in [5.74, 6) is -0.0872. The molecule has 2 aliphatic heterocycles. The van der Waals surface area contributed by atoms with Gasteiger partial charge in [0.25, 0.3) is 0 Å². The number of allylic oxidation sites excluding steroid dienone is 2. The molecule has 5 nitrogen and oxygen atoms in total. The Labute approximate surface area is 180 Å². The van der Waals surface area contributed by atoms with Crippen molar-refractivity contribution in [1.29, 1.82) is 0 Å². The highest BCUT2D eigenvalue weighted by atomic mass is 35.5. The summed E-state index contributed by atoms with van der Waals surface area (Å²) < 4.78 is 0. The van der Waals surface area contributed by atoms with Gasteiger partial charge in [-0.15, -0.1) is 12.4 Å². The van der Waals surface area contributed by atoms with Crippen LogP contribution in [0.5, 0.6) is 0 Å². The fraction of sp³-hybridized carbons (Fsp3) is 0.565. The number of likely N-dealkylation sites (tertiary alicyclic amines) is 1. The van der Waals surface area contributed by atoms with Crippen LogP contribution < -0.4 is 4.90 Å². The molecule has 158 valence electrons. The van der Waals surface area contributed by atoms with E-state index in [0.717, 1.165) is 52.0 Å². The minimum atomic E-state index is -0.0981. The number of carbonyl (C=O) groups excluding carboxylic acids is 2. The van der Waals surface area contributed by atoms with Crippen molar-refractivity contribution in [3.63, 3.8) is 0 Å². The van der Waals surface area contributed by atoms with Crippen molar-refractivity contribution in [3.8, 4) is 0 Å². The molecule has 3 aliphatic rings. The second-order valence-electron chi connectivity index (χ2n) is 8.43. The predicted octanol–water partition coefficient (Wildman–Crippen LogP) is 3.19. The molecule has 0 bridgehead atoms. The maximum Gasteiger partial charge on any atom is 0.233 e. The Balaban J connectivity index is 0.00000240. The lowest BCUT2D eigenvalue weighted by Crippen LogP contribution is -2.47. The zero-order valence-electron chi connectivity index (χ0n) is 17.5. The number of amides is 2. The van der Waals surface area contributed by atoms with Crippen LogP contribution in [0.4, 0.5) is 5.69 Å². The highest BCUT2D eigenvalue weighted by Gasteiger charge is 2.46. The Hall–Kier alpha value is -1.85. The molecule has 29 heavy (non-hydrogen) atoms. The summed E-state index contributed by atoms with van der Waals surface area (Å²) in [6, 6.07) is 6.70. The molecule has 2 saturated heterocycles. The second-order valence-corrected chi connectivity index (χ2v) is 8.43. The molecule has 0 aromatic heterocycles. The minimum Gasteiger partial charge on any atom is -0.369 e. The molecule has 2 atom stereocenters. The number of imide groups is 1. The first-order valence-corrected chi connectivity index (χ1v) is 10.6. The van der Waals surface area contributed by atoms with E-state index in [0.29, 0.717) is 6.54 Å². The van der Waals surface area contributed by atoms with Gasteiger partial charge in [-0.05, 0) is 62.9 Å². The molecular weight excluding hydrogens is 386 g/mol. The van der Waals surface area contributed by atoms with Gasteiger partial charge in [-0.3, -0.25) is 19.4 Å². The van der Waals surface area contributed by atoms with Gasteiger partial charge >= 0.3 is 0 Å². The minimum absolute atomic E-state index is 0. The zero-order chi connectivity index (χ0) is 19.7. The van der Waals surface area contributed by atoms with Gasteiger partial charge in [-0.2, -0.15) is 0 Å². The molecule has 1 aromatic rings. The molecule has 2 fully saturated rings. The first-order valence-electron chi connectivity index (χ1n) is 10.6. The number of hydrogen-bond acceptors (Lipinski definition) is 4. The number of rotatable bonds is 5. The Morgan fingerprint density at radius 2 is 1.48 bits per heavy atom.